The molecule has 5 heteroatoms. The number of nitrogens with zero attached hydrogens (tertiary/aromatic N) is 2. The molecule has 0 spiro atoms. The highest BCUT2D eigenvalue weighted by atomic mass is 16.1. The Labute approximate surface area is 110 Å². The van der Waals surface area contributed by atoms with Gasteiger partial charge in [0.25, 0.3) is 0 Å². The molecule has 0 aromatic rings. The Hall–Kier alpha value is -0.650. The maximum absolute atomic E-state index is 11.3. The van der Waals surface area contributed by atoms with Gasteiger partial charge < -0.3 is 11.5 Å². The fourth-order valence-electron chi connectivity index (χ4n) is 2.65. The van der Waals surface area contributed by atoms with E-state index in [1.54, 1.807) is 6.92 Å². The summed E-state index contributed by atoms with van der Waals surface area (Å²) in [5.74, 6) is -0.426. The Morgan fingerprint density at radius 2 is 1.83 bits per heavy atom. The van der Waals surface area contributed by atoms with Gasteiger partial charge in [0.15, 0.2) is 0 Å². The van der Waals surface area contributed by atoms with Crippen molar-refractivity contribution in [2.24, 2.45) is 11.5 Å². The number of piperazine rings is 1. The van der Waals surface area contributed by atoms with Crippen molar-refractivity contribution >= 4 is 5.91 Å². The van der Waals surface area contributed by atoms with Crippen LogP contribution in [0, 0.1) is 0 Å². The summed E-state index contributed by atoms with van der Waals surface area (Å²) in [6.07, 6.45) is 0.603. The Morgan fingerprint density at radius 1 is 1.39 bits per heavy atom. The van der Waals surface area contributed by atoms with Crippen molar-refractivity contribution in [2.45, 2.75) is 57.8 Å². The molecular formula is C13H28N4O. The zero-order valence-corrected chi connectivity index (χ0v) is 12.3. The molecule has 1 amide bonds. The van der Waals surface area contributed by atoms with Gasteiger partial charge in [0.05, 0.1) is 5.54 Å². The van der Waals surface area contributed by atoms with Crippen LogP contribution in [-0.4, -0.2) is 59.5 Å². The maximum atomic E-state index is 11.3. The second-order valence-electron chi connectivity index (χ2n) is 6.15. The fourth-order valence-corrected chi connectivity index (χ4v) is 2.65. The van der Waals surface area contributed by atoms with E-state index in [0.717, 1.165) is 13.1 Å². The average molecular weight is 256 g/mol. The van der Waals surface area contributed by atoms with Gasteiger partial charge in [-0.05, 0) is 41.2 Å². The van der Waals surface area contributed by atoms with Crippen molar-refractivity contribution in [3.63, 3.8) is 0 Å². The largest absolute Gasteiger partial charge is 0.368 e. The molecule has 1 heterocycles. The number of rotatable bonds is 4. The molecule has 5 nitrogen and oxygen atoms in total. The molecule has 0 aromatic carbocycles. The first-order valence-corrected chi connectivity index (χ1v) is 6.70. The van der Waals surface area contributed by atoms with E-state index in [-0.39, 0.29) is 6.04 Å². The van der Waals surface area contributed by atoms with Gasteiger partial charge in [-0.3, -0.25) is 14.6 Å². The van der Waals surface area contributed by atoms with E-state index in [1.165, 1.54) is 0 Å². The minimum absolute atomic E-state index is 0.270. The molecule has 4 unspecified atom stereocenters. The lowest BCUT2D eigenvalue weighted by Crippen LogP contribution is -2.59. The minimum Gasteiger partial charge on any atom is -0.368 e. The standard InChI is InChI=1S/C13H28N4O/c1-9(6-13(4,15)12(14)18)17-7-10(2)16(5)11(3)8-17/h9-11H,6-8,15H2,1-5H3,(H2,14,18). The first-order chi connectivity index (χ1) is 8.15. The molecule has 0 bridgehead atoms. The number of hydrogen-bond donors (Lipinski definition) is 2. The van der Waals surface area contributed by atoms with E-state index in [0.29, 0.717) is 18.5 Å². The van der Waals surface area contributed by atoms with Crippen molar-refractivity contribution in [1.82, 2.24) is 9.80 Å². The van der Waals surface area contributed by atoms with Crippen LogP contribution in [0.3, 0.4) is 0 Å². The Morgan fingerprint density at radius 3 is 2.22 bits per heavy atom. The van der Waals surface area contributed by atoms with Gasteiger partial charge in [0, 0.05) is 31.2 Å². The normalized spacial score (nSPS) is 31.9. The van der Waals surface area contributed by atoms with Crippen LogP contribution < -0.4 is 11.5 Å². The monoisotopic (exact) mass is 256 g/mol. The molecule has 0 aliphatic carbocycles. The van der Waals surface area contributed by atoms with Crippen molar-refractivity contribution in [3.05, 3.63) is 0 Å². The van der Waals surface area contributed by atoms with Crippen LogP contribution in [0.4, 0.5) is 0 Å². The summed E-state index contributed by atoms with van der Waals surface area (Å²) in [6, 6.07) is 1.31. The summed E-state index contributed by atoms with van der Waals surface area (Å²) in [4.78, 5) is 16.1. The molecular weight excluding hydrogens is 228 g/mol. The molecule has 1 aliphatic rings. The summed E-state index contributed by atoms with van der Waals surface area (Å²) >= 11 is 0. The number of nitrogens with two attached hydrogens (primary N) is 2. The zero-order chi connectivity index (χ0) is 14.1. The topological polar surface area (TPSA) is 75.6 Å². The van der Waals surface area contributed by atoms with Gasteiger partial charge in [0.2, 0.25) is 5.91 Å². The summed E-state index contributed by atoms with van der Waals surface area (Å²) in [5, 5.41) is 0. The predicted molar refractivity (Wildman–Crippen MR) is 74.1 cm³/mol. The third-order valence-electron chi connectivity index (χ3n) is 4.29. The van der Waals surface area contributed by atoms with E-state index in [1.807, 2.05) is 0 Å². The van der Waals surface area contributed by atoms with Crippen molar-refractivity contribution in [1.29, 1.82) is 0 Å². The SMILES string of the molecule is CC(CC(C)(N)C(N)=O)N1CC(C)N(C)C(C)C1. The highest BCUT2D eigenvalue weighted by Crippen LogP contribution is 2.20. The first-order valence-electron chi connectivity index (χ1n) is 6.70. The van der Waals surface area contributed by atoms with Crippen molar-refractivity contribution in [3.8, 4) is 0 Å². The Bertz CT molecular complexity index is 293. The fraction of sp³-hybridized carbons (Fsp3) is 0.923. The zero-order valence-electron chi connectivity index (χ0n) is 12.3. The number of carbonyl (C=O) groups is 1. The average Bonchev–Trinajstić information content (AvgIpc) is 2.24. The molecule has 0 aromatic heterocycles. The molecule has 18 heavy (non-hydrogen) atoms. The van der Waals surface area contributed by atoms with Crippen molar-refractivity contribution in [2.75, 3.05) is 20.1 Å². The molecule has 1 rings (SSSR count). The van der Waals surface area contributed by atoms with Gasteiger partial charge >= 0.3 is 0 Å². The second-order valence-corrected chi connectivity index (χ2v) is 6.15. The smallest absolute Gasteiger partial charge is 0.237 e. The Balaban J connectivity index is 2.63. The minimum atomic E-state index is -0.921. The summed E-state index contributed by atoms with van der Waals surface area (Å²) in [6.45, 7) is 10.3. The van der Waals surface area contributed by atoms with Gasteiger partial charge in [0.1, 0.15) is 0 Å². The second kappa shape index (κ2) is 5.55. The summed E-state index contributed by atoms with van der Waals surface area (Å²) in [7, 11) is 2.16. The molecule has 0 radical (unpaired) electrons. The molecule has 0 saturated carbocycles. The summed E-state index contributed by atoms with van der Waals surface area (Å²) in [5.41, 5.74) is 10.4. The van der Waals surface area contributed by atoms with Gasteiger partial charge in [-0.25, -0.2) is 0 Å². The van der Waals surface area contributed by atoms with Crippen LogP contribution in [0.5, 0.6) is 0 Å². The molecule has 1 saturated heterocycles. The van der Waals surface area contributed by atoms with Crippen molar-refractivity contribution < 1.29 is 4.79 Å². The molecule has 1 aliphatic heterocycles. The van der Waals surface area contributed by atoms with E-state index in [2.05, 4.69) is 37.6 Å². The predicted octanol–water partition coefficient (Wildman–Crippen LogP) is -0.00790. The lowest BCUT2D eigenvalue weighted by atomic mass is 9.92. The molecule has 4 atom stereocenters. The third-order valence-corrected chi connectivity index (χ3v) is 4.29. The van der Waals surface area contributed by atoms with Gasteiger partial charge in [-0.2, -0.15) is 0 Å². The van der Waals surface area contributed by atoms with Crippen LogP contribution in [0.2, 0.25) is 0 Å². The highest BCUT2D eigenvalue weighted by molar-refractivity contribution is 5.83. The Kier molecular flexibility index (Phi) is 4.75. The highest BCUT2D eigenvalue weighted by Gasteiger charge is 2.34. The third kappa shape index (κ3) is 3.43. The lowest BCUT2D eigenvalue weighted by Gasteiger charge is -2.45. The molecule has 1 fully saturated rings. The van der Waals surface area contributed by atoms with Gasteiger partial charge in [-0.1, -0.05) is 0 Å². The number of amides is 1. The first kappa shape index (κ1) is 15.4. The number of primary amides is 1. The number of likely N-dealkylation sites (N-methyl/N-ethyl adjacent to an activating group) is 1. The molecule has 4 N–H and O–H groups in total. The summed E-state index contributed by atoms with van der Waals surface area (Å²) < 4.78 is 0. The number of hydrogen-bond acceptors (Lipinski definition) is 4. The van der Waals surface area contributed by atoms with Crippen LogP contribution in [0.15, 0.2) is 0 Å². The van der Waals surface area contributed by atoms with E-state index in [9.17, 15) is 4.79 Å². The van der Waals surface area contributed by atoms with Crippen LogP contribution in [0.1, 0.15) is 34.1 Å². The molecule has 106 valence electrons. The number of carbonyl (C=O) groups excluding carboxylic acids is 1. The van der Waals surface area contributed by atoms with Crippen LogP contribution in [-0.2, 0) is 4.79 Å². The van der Waals surface area contributed by atoms with E-state index in [4.69, 9.17) is 11.5 Å². The van der Waals surface area contributed by atoms with Crippen LogP contribution >= 0.6 is 0 Å². The quantitative estimate of drug-likeness (QED) is 0.742. The van der Waals surface area contributed by atoms with Crippen LogP contribution in [0.25, 0.3) is 0 Å². The van der Waals surface area contributed by atoms with E-state index >= 15 is 0 Å². The maximum Gasteiger partial charge on any atom is 0.237 e. The lowest BCUT2D eigenvalue weighted by molar-refractivity contribution is -0.123. The van der Waals surface area contributed by atoms with E-state index < -0.39 is 11.4 Å². The van der Waals surface area contributed by atoms with Gasteiger partial charge in [-0.15, -0.1) is 0 Å².